The maximum Gasteiger partial charge on any atom is 0.223 e. The fourth-order valence-corrected chi connectivity index (χ4v) is 2.47. The molecule has 1 heterocycles. The van der Waals surface area contributed by atoms with Gasteiger partial charge in [0.25, 0.3) is 0 Å². The van der Waals surface area contributed by atoms with E-state index in [1.807, 2.05) is 11.9 Å². The van der Waals surface area contributed by atoms with E-state index in [2.05, 4.69) is 11.8 Å². The Kier molecular flexibility index (Phi) is 6.14. The van der Waals surface area contributed by atoms with Gasteiger partial charge in [0.2, 0.25) is 5.91 Å². The zero-order chi connectivity index (χ0) is 12.0. The van der Waals surface area contributed by atoms with Gasteiger partial charge < -0.3 is 9.80 Å². The van der Waals surface area contributed by atoms with E-state index in [1.165, 1.54) is 13.0 Å². The molecule has 0 aromatic carbocycles. The van der Waals surface area contributed by atoms with Gasteiger partial charge in [0.1, 0.15) is 0 Å². The molecule has 16 heavy (non-hydrogen) atoms. The van der Waals surface area contributed by atoms with Crippen LogP contribution in [-0.4, -0.2) is 54.3 Å². The van der Waals surface area contributed by atoms with E-state index in [4.69, 9.17) is 11.6 Å². The molecule has 0 aromatic rings. The van der Waals surface area contributed by atoms with Crippen molar-refractivity contribution >= 4 is 17.5 Å². The third-order valence-corrected chi connectivity index (χ3v) is 3.54. The number of hydrogen-bond acceptors (Lipinski definition) is 2. The Morgan fingerprint density at radius 2 is 2.06 bits per heavy atom. The first-order valence-electron chi connectivity index (χ1n) is 6.23. The summed E-state index contributed by atoms with van der Waals surface area (Å²) >= 11 is 5.59. The molecule has 0 saturated carbocycles. The first-order chi connectivity index (χ1) is 7.69. The summed E-state index contributed by atoms with van der Waals surface area (Å²) in [5.41, 5.74) is 0. The fraction of sp³-hybridized carbons (Fsp3) is 0.917. The maximum atomic E-state index is 11.7. The number of piperidine rings is 1. The van der Waals surface area contributed by atoms with E-state index < -0.39 is 0 Å². The largest absolute Gasteiger partial charge is 0.343 e. The van der Waals surface area contributed by atoms with Gasteiger partial charge in [-0.25, -0.2) is 0 Å². The predicted octanol–water partition coefficient (Wildman–Crippen LogP) is 1.95. The lowest BCUT2D eigenvalue weighted by molar-refractivity contribution is -0.132. The van der Waals surface area contributed by atoms with Gasteiger partial charge in [0, 0.05) is 38.5 Å². The number of rotatable bonds is 5. The van der Waals surface area contributed by atoms with Gasteiger partial charge in [-0.1, -0.05) is 6.92 Å². The van der Waals surface area contributed by atoms with Gasteiger partial charge in [-0.15, -0.1) is 11.6 Å². The Hall–Kier alpha value is -0.280. The summed E-state index contributed by atoms with van der Waals surface area (Å²) in [5, 5.41) is 0. The third-order valence-electron chi connectivity index (χ3n) is 3.35. The van der Waals surface area contributed by atoms with E-state index >= 15 is 0 Å². The molecule has 0 aromatic heterocycles. The summed E-state index contributed by atoms with van der Waals surface area (Å²) in [6.45, 7) is 5.64. The molecule has 1 fully saturated rings. The number of carbonyl (C=O) groups is 1. The van der Waals surface area contributed by atoms with Crippen molar-refractivity contribution in [2.24, 2.45) is 0 Å². The topological polar surface area (TPSA) is 23.6 Å². The maximum absolute atomic E-state index is 11.7. The second-order valence-corrected chi connectivity index (χ2v) is 4.89. The van der Waals surface area contributed by atoms with Crippen LogP contribution in [0.1, 0.15) is 32.6 Å². The Morgan fingerprint density at radius 3 is 2.56 bits per heavy atom. The van der Waals surface area contributed by atoms with Crippen LogP contribution < -0.4 is 0 Å². The number of nitrogens with zero attached hydrogens (tertiary/aromatic N) is 2. The van der Waals surface area contributed by atoms with Crippen LogP contribution in [0, 0.1) is 0 Å². The smallest absolute Gasteiger partial charge is 0.223 e. The van der Waals surface area contributed by atoms with Crippen molar-refractivity contribution in [1.29, 1.82) is 0 Å². The molecule has 94 valence electrons. The van der Waals surface area contributed by atoms with E-state index in [1.54, 1.807) is 0 Å². The summed E-state index contributed by atoms with van der Waals surface area (Å²) in [6.07, 6.45) is 3.88. The molecule has 0 unspecified atom stereocenters. The van der Waals surface area contributed by atoms with Crippen molar-refractivity contribution in [1.82, 2.24) is 9.80 Å². The molecule has 3 nitrogen and oxygen atoms in total. The molecular weight excluding hydrogens is 224 g/mol. The second-order valence-electron chi connectivity index (χ2n) is 4.52. The summed E-state index contributed by atoms with van der Waals surface area (Å²) < 4.78 is 0. The van der Waals surface area contributed by atoms with Crippen LogP contribution in [0.4, 0.5) is 0 Å². The van der Waals surface area contributed by atoms with Crippen molar-refractivity contribution in [3.05, 3.63) is 0 Å². The van der Waals surface area contributed by atoms with Crippen molar-refractivity contribution in [3.63, 3.8) is 0 Å². The minimum atomic E-state index is 0.184. The average molecular weight is 247 g/mol. The zero-order valence-corrected chi connectivity index (χ0v) is 11.2. The summed E-state index contributed by atoms with van der Waals surface area (Å²) in [7, 11) is 1.91. The molecule has 0 radical (unpaired) electrons. The molecule has 4 heteroatoms. The monoisotopic (exact) mass is 246 g/mol. The van der Waals surface area contributed by atoms with Crippen LogP contribution in [0.2, 0.25) is 0 Å². The zero-order valence-electron chi connectivity index (χ0n) is 10.4. The summed E-state index contributed by atoms with van der Waals surface area (Å²) in [5.74, 6) is 0.613. The van der Waals surface area contributed by atoms with E-state index in [9.17, 15) is 4.79 Å². The molecule has 1 saturated heterocycles. The Labute approximate surface area is 104 Å². The summed E-state index contributed by atoms with van der Waals surface area (Å²) in [6, 6.07) is 0.420. The van der Waals surface area contributed by atoms with Gasteiger partial charge in [0.15, 0.2) is 0 Å². The second kappa shape index (κ2) is 7.13. The number of amides is 1. The molecule has 0 bridgehead atoms. The van der Waals surface area contributed by atoms with Crippen molar-refractivity contribution in [3.8, 4) is 0 Å². The average Bonchev–Trinajstić information content (AvgIpc) is 2.30. The van der Waals surface area contributed by atoms with E-state index in [-0.39, 0.29) is 5.91 Å². The number of hydrogen-bond donors (Lipinski definition) is 0. The van der Waals surface area contributed by atoms with Crippen LogP contribution in [0.25, 0.3) is 0 Å². The SMILES string of the molecule is CCCN1CCC(N(C)C(=O)CCCl)CC1. The highest BCUT2D eigenvalue weighted by Gasteiger charge is 2.24. The molecule has 1 aliphatic heterocycles. The number of alkyl halides is 1. The van der Waals surface area contributed by atoms with Crippen molar-refractivity contribution in [2.75, 3.05) is 32.6 Å². The lowest BCUT2D eigenvalue weighted by Gasteiger charge is -2.36. The first-order valence-corrected chi connectivity index (χ1v) is 6.76. The van der Waals surface area contributed by atoms with E-state index in [0.717, 1.165) is 25.9 Å². The minimum Gasteiger partial charge on any atom is -0.343 e. The molecule has 0 atom stereocenters. The standard InChI is InChI=1S/C12H23ClN2O/c1-3-8-15-9-5-11(6-10-15)14(2)12(16)4-7-13/h11H,3-10H2,1-2H3. The quantitative estimate of drug-likeness (QED) is 0.693. The highest BCUT2D eigenvalue weighted by atomic mass is 35.5. The van der Waals surface area contributed by atoms with Crippen molar-refractivity contribution < 1.29 is 4.79 Å². The minimum absolute atomic E-state index is 0.184. The van der Waals surface area contributed by atoms with Crippen LogP contribution in [0.15, 0.2) is 0 Å². The molecule has 0 spiro atoms. The molecule has 1 rings (SSSR count). The third kappa shape index (κ3) is 3.95. The van der Waals surface area contributed by atoms with Crippen LogP contribution >= 0.6 is 11.6 Å². The molecule has 1 aliphatic rings. The molecule has 0 N–H and O–H groups in total. The van der Waals surface area contributed by atoms with Gasteiger partial charge in [-0.05, 0) is 25.8 Å². The van der Waals surface area contributed by atoms with Gasteiger partial charge in [-0.2, -0.15) is 0 Å². The Balaban J connectivity index is 2.32. The summed E-state index contributed by atoms with van der Waals surface area (Å²) in [4.78, 5) is 16.1. The lowest BCUT2D eigenvalue weighted by atomic mass is 10.0. The predicted molar refractivity (Wildman–Crippen MR) is 67.9 cm³/mol. The van der Waals surface area contributed by atoms with Crippen LogP contribution in [-0.2, 0) is 4.79 Å². The Bertz CT molecular complexity index is 215. The van der Waals surface area contributed by atoms with Gasteiger partial charge >= 0.3 is 0 Å². The molecular formula is C12H23ClN2O. The van der Waals surface area contributed by atoms with Crippen LogP contribution in [0.5, 0.6) is 0 Å². The Morgan fingerprint density at radius 1 is 1.44 bits per heavy atom. The number of likely N-dealkylation sites (tertiary alicyclic amines) is 1. The van der Waals surface area contributed by atoms with E-state index in [0.29, 0.717) is 18.3 Å². The first kappa shape index (κ1) is 13.8. The highest BCUT2D eigenvalue weighted by molar-refractivity contribution is 6.18. The molecule has 1 amide bonds. The van der Waals surface area contributed by atoms with Gasteiger partial charge in [0.05, 0.1) is 0 Å². The lowest BCUT2D eigenvalue weighted by Crippen LogP contribution is -2.45. The highest BCUT2D eigenvalue weighted by Crippen LogP contribution is 2.16. The fourth-order valence-electron chi connectivity index (χ4n) is 2.31. The van der Waals surface area contributed by atoms with Crippen molar-refractivity contribution in [2.45, 2.75) is 38.6 Å². The van der Waals surface area contributed by atoms with Crippen LogP contribution in [0.3, 0.4) is 0 Å². The molecule has 0 aliphatic carbocycles. The number of halogens is 1. The number of carbonyl (C=O) groups excluding carboxylic acids is 1. The normalized spacial score (nSPS) is 18.7. The van der Waals surface area contributed by atoms with Gasteiger partial charge in [-0.3, -0.25) is 4.79 Å².